The van der Waals surface area contributed by atoms with Gasteiger partial charge in [-0.25, -0.2) is 4.79 Å². The van der Waals surface area contributed by atoms with Crippen LogP contribution in [0.5, 0.6) is 0 Å². The van der Waals surface area contributed by atoms with Gasteiger partial charge in [-0.15, -0.1) is 11.8 Å². The molecule has 2 aromatic carbocycles. The number of amides is 2. The lowest BCUT2D eigenvalue weighted by molar-refractivity contribution is 0.214. The minimum atomic E-state index is -0.163. The Labute approximate surface area is 169 Å². The molecule has 6 heteroatoms. The Kier molecular flexibility index (Phi) is 5.75. The van der Waals surface area contributed by atoms with E-state index in [0.717, 1.165) is 11.3 Å². The third-order valence-corrected chi connectivity index (χ3v) is 6.49. The van der Waals surface area contributed by atoms with Crippen LogP contribution in [0.1, 0.15) is 37.3 Å². The average molecular weight is 409 g/mol. The molecule has 0 aliphatic carbocycles. The first-order valence-corrected chi connectivity index (χ1v) is 10.3. The number of carbonyl (C=O) groups excluding carboxylic acids is 1. The van der Waals surface area contributed by atoms with Crippen molar-refractivity contribution in [3.05, 3.63) is 63.6 Å². The fourth-order valence-corrected chi connectivity index (χ4v) is 4.49. The van der Waals surface area contributed by atoms with Gasteiger partial charge in [-0.1, -0.05) is 74.3 Å². The fraction of sp³-hybridized carbons (Fsp3) is 0.350. The normalized spacial score (nSPS) is 17.4. The van der Waals surface area contributed by atoms with Crippen molar-refractivity contribution in [1.82, 2.24) is 4.90 Å². The summed E-state index contributed by atoms with van der Waals surface area (Å²) >= 11 is 14.0. The Balaban J connectivity index is 1.77. The summed E-state index contributed by atoms with van der Waals surface area (Å²) in [7, 11) is 0. The van der Waals surface area contributed by atoms with Gasteiger partial charge in [0.2, 0.25) is 0 Å². The van der Waals surface area contributed by atoms with Crippen molar-refractivity contribution in [2.75, 3.05) is 17.6 Å². The number of hydrogen-bond acceptors (Lipinski definition) is 2. The van der Waals surface area contributed by atoms with Crippen molar-refractivity contribution >= 4 is 46.7 Å². The molecule has 1 saturated heterocycles. The van der Waals surface area contributed by atoms with E-state index in [2.05, 4.69) is 50.4 Å². The monoisotopic (exact) mass is 408 g/mol. The molecule has 0 bridgehead atoms. The van der Waals surface area contributed by atoms with Crippen LogP contribution >= 0.6 is 35.0 Å². The lowest BCUT2D eigenvalue weighted by Gasteiger charge is -2.26. The second-order valence-electron chi connectivity index (χ2n) is 7.32. The number of rotatable bonds is 2. The molecule has 3 rings (SSSR count). The van der Waals surface area contributed by atoms with Crippen molar-refractivity contribution in [3.8, 4) is 0 Å². The Bertz CT molecular complexity index is 802. The molecule has 0 aromatic heterocycles. The van der Waals surface area contributed by atoms with Gasteiger partial charge in [0, 0.05) is 12.3 Å². The number of halogens is 2. The van der Waals surface area contributed by atoms with E-state index in [0.29, 0.717) is 22.3 Å². The van der Waals surface area contributed by atoms with E-state index in [4.69, 9.17) is 23.2 Å². The molecule has 3 nitrogen and oxygen atoms in total. The highest BCUT2D eigenvalue weighted by atomic mass is 35.5. The molecule has 0 unspecified atom stereocenters. The number of thioether (sulfide) groups is 1. The minimum absolute atomic E-state index is 0.00183. The number of benzene rings is 2. The number of hydrogen-bond donors (Lipinski definition) is 1. The maximum absolute atomic E-state index is 12.8. The molecule has 1 aliphatic rings. The first-order valence-electron chi connectivity index (χ1n) is 8.51. The zero-order valence-corrected chi connectivity index (χ0v) is 17.4. The zero-order chi connectivity index (χ0) is 18.9. The molecule has 0 saturated carbocycles. The number of anilines is 1. The van der Waals surface area contributed by atoms with E-state index in [1.54, 1.807) is 30.0 Å². The molecule has 0 radical (unpaired) electrons. The highest BCUT2D eigenvalue weighted by molar-refractivity contribution is 7.99. The van der Waals surface area contributed by atoms with E-state index in [1.807, 2.05) is 4.90 Å². The number of nitrogens with zero attached hydrogens (tertiary/aromatic N) is 1. The molecule has 1 fully saturated rings. The first-order chi connectivity index (χ1) is 12.3. The number of urea groups is 1. The maximum Gasteiger partial charge on any atom is 0.323 e. The first kappa shape index (κ1) is 19.4. The van der Waals surface area contributed by atoms with Gasteiger partial charge in [-0.3, -0.25) is 0 Å². The van der Waals surface area contributed by atoms with Gasteiger partial charge in [-0.05, 0) is 28.7 Å². The average Bonchev–Trinajstić information content (AvgIpc) is 3.08. The lowest BCUT2D eigenvalue weighted by Crippen LogP contribution is -2.34. The molecule has 1 atom stereocenters. The third kappa shape index (κ3) is 4.13. The molecule has 2 aromatic rings. The van der Waals surface area contributed by atoms with Crippen LogP contribution in [0, 0.1) is 0 Å². The molecule has 2 amide bonds. The number of nitrogens with one attached hydrogen (secondary N) is 1. The maximum atomic E-state index is 12.8. The predicted molar refractivity (Wildman–Crippen MR) is 113 cm³/mol. The van der Waals surface area contributed by atoms with Crippen LogP contribution in [-0.4, -0.2) is 23.2 Å². The Morgan fingerprint density at radius 1 is 1.15 bits per heavy atom. The molecule has 26 heavy (non-hydrogen) atoms. The van der Waals surface area contributed by atoms with Gasteiger partial charge in [0.15, 0.2) is 0 Å². The molecule has 1 aliphatic heterocycles. The van der Waals surface area contributed by atoms with E-state index in [9.17, 15) is 4.79 Å². The summed E-state index contributed by atoms with van der Waals surface area (Å²) in [6, 6.07) is 13.6. The van der Waals surface area contributed by atoms with Crippen molar-refractivity contribution < 1.29 is 4.79 Å². The van der Waals surface area contributed by atoms with Gasteiger partial charge >= 0.3 is 6.03 Å². The predicted octanol–water partition coefficient (Wildman–Crippen LogP) is 6.57. The topological polar surface area (TPSA) is 32.3 Å². The number of carbonyl (C=O) groups is 1. The van der Waals surface area contributed by atoms with Crippen molar-refractivity contribution in [1.29, 1.82) is 0 Å². The van der Waals surface area contributed by atoms with Crippen LogP contribution in [0.4, 0.5) is 10.5 Å². The summed E-state index contributed by atoms with van der Waals surface area (Å²) < 4.78 is 0. The summed E-state index contributed by atoms with van der Waals surface area (Å²) in [5, 5.41) is 3.67. The second-order valence-corrected chi connectivity index (χ2v) is 9.29. The largest absolute Gasteiger partial charge is 0.323 e. The highest BCUT2D eigenvalue weighted by Crippen LogP contribution is 2.39. The molecule has 1 N–H and O–H groups in total. The molecular formula is C20H22Cl2N2OS. The Hall–Kier alpha value is -1.36. The van der Waals surface area contributed by atoms with Crippen LogP contribution in [0.3, 0.4) is 0 Å². The van der Waals surface area contributed by atoms with Crippen LogP contribution < -0.4 is 5.32 Å². The van der Waals surface area contributed by atoms with Gasteiger partial charge in [0.05, 0.1) is 15.7 Å². The van der Waals surface area contributed by atoms with Crippen molar-refractivity contribution in [3.63, 3.8) is 0 Å². The standard InChI is InChI=1S/C20H22Cl2N2OS/c1-20(2,3)14-9-7-13(8-10-14)18-24(11-12-26-18)19(25)23-16-6-4-5-15(21)17(16)22/h4-10,18H,11-12H2,1-3H3,(H,23,25)/t18-/m0/s1. The van der Waals surface area contributed by atoms with Gasteiger partial charge in [0.25, 0.3) is 0 Å². The molecular weight excluding hydrogens is 387 g/mol. The molecule has 1 heterocycles. The van der Waals surface area contributed by atoms with E-state index in [1.165, 1.54) is 5.56 Å². The quantitative estimate of drug-likeness (QED) is 0.608. The summed E-state index contributed by atoms with van der Waals surface area (Å²) in [4.78, 5) is 14.6. The highest BCUT2D eigenvalue weighted by Gasteiger charge is 2.31. The van der Waals surface area contributed by atoms with Crippen molar-refractivity contribution in [2.24, 2.45) is 0 Å². The summed E-state index contributed by atoms with van der Waals surface area (Å²) in [6.45, 7) is 7.28. The van der Waals surface area contributed by atoms with Crippen LogP contribution in [-0.2, 0) is 5.41 Å². The van der Waals surface area contributed by atoms with Gasteiger partial charge in [-0.2, -0.15) is 0 Å². The summed E-state index contributed by atoms with van der Waals surface area (Å²) in [6.07, 6.45) is 0. The van der Waals surface area contributed by atoms with Gasteiger partial charge < -0.3 is 10.2 Å². The third-order valence-electron chi connectivity index (χ3n) is 4.41. The fourth-order valence-electron chi connectivity index (χ4n) is 2.89. The Morgan fingerprint density at radius 2 is 1.85 bits per heavy atom. The zero-order valence-electron chi connectivity index (χ0n) is 15.1. The van der Waals surface area contributed by atoms with Crippen molar-refractivity contribution in [2.45, 2.75) is 31.6 Å². The van der Waals surface area contributed by atoms with E-state index in [-0.39, 0.29) is 16.8 Å². The van der Waals surface area contributed by atoms with Crippen LogP contribution in [0.2, 0.25) is 10.0 Å². The van der Waals surface area contributed by atoms with Gasteiger partial charge in [0.1, 0.15) is 5.37 Å². The van der Waals surface area contributed by atoms with E-state index < -0.39 is 0 Å². The van der Waals surface area contributed by atoms with E-state index >= 15 is 0 Å². The van der Waals surface area contributed by atoms with Crippen LogP contribution in [0.15, 0.2) is 42.5 Å². The Morgan fingerprint density at radius 3 is 2.50 bits per heavy atom. The SMILES string of the molecule is CC(C)(C)c1ccc([C@@H]2SCCN2C(=O)Nc2cccc(Cl)c2Cl)cc1. The molecule has 138 valence electrons. The second kappa shape index (κ2) is 7.71. The smallest absolute Gasteiger partial charge is 0.308 e. The molecule has 0 spiro atoms. The summed E-state index contributed by atoms with van der Waals surface area (Å²) in [5.41, 5.74) is 3.06. The summed E-state index contributed by atoms with van der Waals surface area (Å²) in [5.74, 6) is 0.905. The lowest BCUT2D eigenvalue weighted by atomic mass is 9.87. The minimum Gasteiger partial charge on any atom is -0.308 e. The van der Waals surface area contributed by atoms with Crippen LogP contribution in [0.25, 0.3) is 0 Å².